The minimum Gasteiger partial charge on any atom is -0.497 e. The molecule has 2 heterocycles. The fourth-order valence-corrected chi connectivity index (χ4v) is 4.87. The zero-order valence-electron chi connectivity index (χ0n) is 22.5. The SMILES string of the molecule is COc1ccc(CN2C(=O)CCN(Cc3ccc(C4CCN(C(=O)OC(C)(C)C)CC4)c(F)c3)C2=O)cc1. The van der Waals surface area contributed by atoms with Crippen molar-refractivity contribution >= 4 is 18.0 Å². The molecular formula is C29H36FN3O5. The summed E-state index contributed by atoms with van der Waals surface area (Å²) >= 11 is 0. The zero-order chi connectivity index (χ0) is 27.4. The molecular weight excluding hydrogens is 489 g/mol. The standard InChI is InChI=1S/C29H36FN3O5/c1-29(2,3)38-28(36)31-14-11-22(12-15-31)24-10-7-21(17-25(24)30)18-32-16-13-26(34)33(27(32)35)19-20-5-8-23(37-4)9-6-20/h5-10,17,22H,11-16,18-19H2,1-4H3. The van der Waals surface area contributed by atoms with Crippen LogP contribution in [0.4, 0.5) is 14.0 Å². The van der Waals surface area contributed by atoms with Crippen molar-refractivity contribution in [2.24, 2.45) is 0 Å². The molecule has 0 saturated carbocycles. The molecule has 38 heavy (non-hydrogen) atoms. The van der Waals surface area contributed by atoms with Gasteiger partial charge in [-0.05, 0) is 74.4 Å². The van der Waals surface area contributed by atoms with E-state index in [1.54, 1.807) is 35.1 Å². The number of urea groups is 1. The second kappa shape index (κ2) is 11.4. The highest BCUT2D eigenvalue weighted by atomic mass is 19.1. The molecule has 2 saturated heterocycles. The van der Waals surface area contributed by atoms with Crippen LogP contribution in [0, 0.1) is 5.82 Å². The van der Waals surface area contributed by atoms with Gasteiger partial charge in [0.1, 0.15) is 17.2 Å². The minimum absolute atomic E-state index is 0.0111. The van der Waals surface area contributed by atoms with Gasteiger partial charge in [-0.15, -0.1) is 0 Å². The fraction of sp³-hybridized carbons (Fsp3) is 0.483. The lowest BCUT2D eigenvalue weighted by Crippen LogP contribution is -2.51. The molecule has 8 nitrogen and oxygen atoms in total. The number of nitrogens with zero attached hydrogens (tertiary/aromatic N) is 3. The van der Waals surface area contributed by atoms with Gasteiger partial charge in [0.05, 0.1) is 13.7 Å². The number of rotatable bonds is 6. The third-order valence-corrected chi connectivity index (χ3v) is 6.92. The van der Waals surface area contributed by atoms with Crippen molar-refractivity contribution in [2.45, 2.75) is 64.6 Å². The molecule has 0 spiro atoms. The van der Waals surface area contributed by atoms with E-state index >= 15 is 4.39 Å². The Labute approximate surface area is 223 Å². The average Bonchev–Trinajstić information content (AvgIpc) is 2.88. The van der Waals surface area contributed by atoms with E-state index in [9.17, 15) is 14.4 Å². The van der Waals surface area contributed by atoms with Crippen molar-refractivity contribution in [3.63, 3.8) is 0 Å². The van der Waals surface area contributed by atoms with Crippen LogP contribution in [0.2, 0.25) is 0 Å². The van der Waals surface area contributed by atoms with Crippen LogP contribution >= 0.6 is 0 Å². The largest absolute Gasteiger partial charge is 0.497 e. The van der Waals surface area contributed by atoms with Crippen molar-refractivity contribution in [3.8, 4) is 5.75 Å². The third-order valence-electron chi connectivity index (χ3n) is 6.92. The van der Waals surface area contributed by atoms with Crippen molar-refractivity contribution < 1.29 is 28.2 Å². The molecule has 9 heteroatoms. The molecule has 0 aliphatic carbocycles. The molecule has 0 N–H and O–H groups in total. The van der Waals surface area contributed by atoms with Gasteiger partial charge in [0.2, 0.25) is 5.91 Å². The molecule has 2 aliphatic rings. The first-order valence-electron chi connectivity index (χ1n) is 13.0. The Balaban J connectivity index is 1.36. The van der Waals surface area contributed by atoms with Crippen molar-refractivity contribution in [1.82, 2.24) is 14.7 Å². The highest BCUT2D eigenvalue weighted by molar-refractivity contribution is 5.96. The fourth-order valence-electron chi connectivity index (χ4n) is 4.87. The molecule has 2 aromatic carbocycles. The van der Waals surface area contributed by atoms with Crippen LogP contribution in [0.25, 0.3) is 0 Å². The Bertz CT molecular complexity index is 1170. The number of carbonyl (C=O) groups is 3. The van der Waals surface area contributed by atoms with E-state index in [0.717, 1.165) is 5.56 Å². The second-order valence-electron chi connectivity index (χ2n) is 10.9. The van der Waals surface area contributed by atoms with Gasteiger partial charge in [-0.3, -0.25) is 9.69 Å². The van der Waals surface area contributed by atoms with Gasteiger partial charge in [-0.1, -0.05) is 24.3 Å². The summed E-state index contributed by atoms with van der Waals surface area (Å²) in [4.78, 5) is 42.4. The Morgan fingerprint density at radius 2 is 1.63 bits per heavy atom. The highest BCUT2D eigenvalue weighted by Gasteiger charge is 2.33. The summed E-state index contributed by atoms with van der Waals surface area (Å²) in [5.41, 5.74) is 1.57. The molecule has 0 radical (unpaired) electrons. The Hall–Kier alpha value is -3.62. The number of benzene rings is 2. The lowest BCUT2D eigenvalue weighted by molar-refractivity contribution is -0.131. The van der Waals surface area contributed by atoms with Crippen LogP contribution < -0.4 is 4.74 Å². The van der Waals surface area contributed by atoms with Gasteiger partial charge in [0.15, 0.2) is 0 Å². The number of halogens is 1. The lowest BCUT2D eigenvalue weighted by Gasteiger charge is -2.35. The number of hydrogen-bond donors (Lipinski definition) is 0. The number of imide groups is 1. The molecule has 0 bridgehead atoms. The molecule has 4 amide bonds. The monoisotopic (exact) mass is 525 g/mol. The molecule has 2 fully saturated rings. The van der Waals surface area contributed by atoms with Gasteiger partial charge >= 0.3 is 12.1 Å². The maximum absolute atomic E-state index is 15.2. The number of hydrogen-bond acceptors (Lipinski definition) is 5. The van der Waals surface area contributed by atoms with Crippen LogP contribution in [-0.4, -0.2) is 65.1 Å². The van der Waals surface area contributed by atoms with E-state index in [1.807, 2.05) is 39.0 Å². The smallest absolute Gasteiger partial charge is 0.410 e. The number of ether oxygens (including phenoxy) is 2. The predicted molar refractivity (Wildman–Crippen MR) is 140 cm³/mol. The van der Waals surface area contributed by atoms with Gasteiger partial charge in [-0.25, -0.2) is 14.0 Å². The van der Waals surface area contributed by atoms with Crippen molar-refractivity contribution in [3.05, 3.63) is 65.0 Å². The number of amides is 4. The van der Waals surface area contributed by atoms with Gasteiger partial charge in [-0.2, -0.15) is 0 Å². The predicted octanol–water partition coefficient (Wildman–Crippen LogP) is 5.30. The van der Waals surface area contributed by atoms with E-state index in [2.05, 4.69) is 0 Å². The first-order chi connectivity index (χ1) is 18.0. The van der Waals surface area contributed by atoms with E-state index in [1.165, 1.54) is 11.0 Å². The summed E-state index contributed by atoms with van der Waals surface area (Å²) in [5, 5.41) is 0. The molecule has 204 valence electrons. The average molecular weight is 526 g/mol. The quantitative estimate of drug-likeness (QED) is 0.511. The number of methoxy groups -OCH3 is 1. The molecule has 2 aliphatic heterocycles. The maximum Gasteiger partial charge on any atom is 0.410 e. The summed E-state index contributed by atoms with van der Waals surface area (Å²) in [6, 6.07) is 12.0. The summed E-state index contributed by atoms with van der Waals surface area (Å²) in [5.74, 6) is 0.179. The lowest BCUT2D eigenvalue weighted by atomic mass is 9.88. The van der Waals surface area contributed by atoms with Crippen LogP contribution in [0.3, 0.4) is 0 Å². The van der Waals surface area contributed by atoms with Crippen molar-refractivity contribution in [2.75, 3.05) is 26.7 Å². The summed E-state index contributed by atoms with van der Waals surface area (Å²) < 4.78 is 25.8. The number of piperidine rings is 1. The highest BCUT2D eigenvalue weighted by Crippen LogP contribution is 2.31. The summed E-state index contributed by atoms with van der Waals surface area (Å²) in [6.45, 7) is 7.23. The van der Waals surface area contributed by atoms with E-state index < -0.39 is 5.60 Å². The van der Waals surface area contributed by atoms with Crippen LogP contribution in [0.15, 0.2) is 42.5 Å². The molecule has 0 aromatic heterocycles. The first kappa shape index (κ1) is 27.4. The normalized spacial score (nSPS) is 17.1. The van der Waals surface area contributed by atoms with Crippen LogP contribution in [-0.2, 0) is 22.6 Å². The van der Waals surface area contributed by atoms with Gasteiger partial charge in [0, 0.05) is 32.6 Å². The van der Waals surface area contributed by atoms with Gasteiger partial charge < -0.3 is 19.3 Å². The van der Waals surface area contributed by atoms with E-state index in [-0.39, 0.29) is 49.3 Å². The summed E-state index contributed by atoms with van der Waals surface area (Å²) in [7, 11) is 1.58. The molecule has 2 aromatic rings. The molecule has 0 atom stereocenters. The number of likely N-dealkylation sites (tertiary alicyclic amines) is 1. The van der Waals surface area contributed by atoms with Crippen molar-refractivity contribution in [1.29, 1.82) is 0 Å². The van der Waals surface area contributed by atoms with E-state index in [4.69, 9.17) is 9.47 Å². The van der Waals surface area contributed by atoms with Crippen LogP contribution in [0.5, 0.6) is 5.75 Å². The second-order valence-corrected chi connectivity index (χ2v) is 10.9. The number of carbonyl (C=O) groups excluding carboxylic acids is 3. The zero-order valence-corrected chi connectivity index (χ0v) is 22.5. The van der Waals surface area contributed by atoms with E-state index in [0.29, 0.717) is 49.4 Å². The maximum atomic E-state index is 15.2. The molecule has 0 unspecified atom stereocenters. The minimum atomic E-state index is -0.550. The molecule has 4 rings (SSSR count). The Kier molecular flexibility index (Phi) is 8.23. The Morgan fingerprint density at radius 3 is 2.24 bits per heavy atom. The van der Waals surface area contributed by atoms with Gasteiger partial charge in [0.25, 0.3) is 0 Å². The summed E-state index contributed by atoms with van der Waals surface area (Å²) in [6.07, 6.45) is 1.20. The topological polar surface area (TPSA) is 79.4 Å². The Morgan fingerprint density at radius 1 is 0.974 bits per heavy atom. The first-order valence-corrected chi connectivity index (χ1v) is 13.0. The third kappa shape index (κ3) is 6.62. The van der Waals surface area contributed by atoms with Crippen LogP contribution in [0.1, 0.15) is 62.6 Å².